The van der Waals surface area contributed by atoms with E-state index in [0.29, 0.717) is 0 Å². The molecule has 140 valence electrons. The number of likely N-dealkylation sites (tertiary alicyclic amines) is 1. The van der Waals surface area contributed by atoms with Gasteiger partial charge in [0.25, 0.3) is 0 Å². The van der Waals surface area contributed by atoms with E-state index < -0.39 is 0 Å². The van der Waals surface area contributed by atoms with Crippen LogP contribution in [0.15, 0.2) is 16.6 Å². The third kappa shape index (κ3) is 6.88. The minimum Gasteiger partial charge on any atom is -0.377 e. The Kier molecular flexibility index (Phi) is 10.9. The molecule has 0 radical (unpaired) electrons. The fraction of sp³-hybridized carbons (Fsp3) is 0.833. The van der Waals surface area contributed by atoms with Crippen molar-refractivity contribution >= 4 is 29.9 Å². The van der Waals surface area contributed by atoms with Gasteiger partial charge in [0.1, 0.15) is 0 Å². The van der Waals surface area contributed by atoms with Crippen molar-refractivity contribution in [1.82, 2.24) is 15.1 Å². The highest BCUT2D eigenvalue weighted by Gasteiger charge is 2.25. The second-order valence-corrected chi connectivity index (χ2v) is 6.50. The summed E-state index contributed by atoms with van der Waals surface area (Å²) < 4.78 is 5.36. The average Bonchev–Trinajstić information content (AvgIpc) is 3.06. The average molecular weight is 450 g/mol. The third-order valence-electron chi connectivity index (χ3n) is 4.99. The number of hydrogen-bond acceptors (Lipinski definition) is 3. The Balaban J connectivity index is 0.00000288. The molecule has 0 spiro atoms. The van der Waals surface area contributed by atoms with Crippen LogP contribution in [0.1, 0.15) is 33.1 Å². The number of aliphatic imine (C=N–C) groups is 1. The molecule has 0 aromatic heterocycles. The van der Waals surface area contributed by atoms with E-state index in [1.165, 1.54) is 18.5 Å². The fourth-order valence-electron chi connectivity index (χ4n) is 3.48. The Labute approximate surface area is 164 Å². The Hall–Kier alpha value is -0.340. The summed E-state index contributed by atoms with van der Waals surface area (Å²) in [6.45, 7) is 12.9. The van der Waals surface area contributed by atoms with Crippen molar-refractivity contribution in [2.75, 3.05) is 59.5 Å². The van der Waals surface area contributed by atoms with Gasteiger partial charge in [-0.05, 0) is 38.3 Å². The molecule has 2 rings (SSSR count). The largest absolute Gasteiger partial charge is 0.377 e. The van der Waals surface area contributed by atoms with Crippen molar-refractivity contribution in [3.63, 3.8) is 0 Å². The predicted molar refractivity (Wildman–Crippen MR) is 112 cm³/mol. The summed E-state index contributed by atoms with van der Waals surface area (Å²) in [6, 6.07) is 0. The maximum absolute atomic E-state index is 5.36. The van der Waals surface area contributed by atoms with E-state index in [9.17, 15) is 0 Å². The standard InChI is InChI=1S/C18H34N4O.HI/c1-4-21(5-2)14-17-7-11-22(15-17)18(19-3)20-10-6-16-8-12-23-13-9-16;/h8,17H,4-7,9-15H2,1-3H3,(H,19,20);1H. The monoisotopic (exact) mass is 450 g/mol. The minimum absolute atomic E-state index is 0. The first-order chi connectivity index (χ1) is 11.3. The molecule has 1 unspecified atom stereocenters. The third-order valence-corrected chi connectivity index (χ3v) is 4.99. The van der Waals surface area contributed by atoms with Crippen LogP contribution in [0.2, 0.25) is 0 Å². The van der Waals surface area contributed by atoms with Crippen LogP contribution in [0.4, 0.5) is 0 Å². The summed E-state index contributed by atoms with van der Waals surface area (Å²) in [6.07, 6.45) is 5.68. The number of halogens is 1. The SMILES string of the molecule is CCN(CC)CC1CCN(C(=NC)NCCC2=CCOCC2)C1.I. The lowest BCUT2D eigenvalue weighted by molar-refractivity contribution is 0.153. The summed E-state index contributed by atoms with van der Waals surface area (Å²) in [5.74, 6) is 1.84. The van der Waals surface area contributed by atoms with Gasteiger partial charge in [-0.2, -0.15) is 0 Å². The Morgan fingerprint density at radius 3 is 2.83 bits per heavy atom. The van der Waals surface area contributed by atoms with Crippen molar-refractivity contribution in [2.45, 2.75) is 33.1 Å². The van der Waals surface area contributed by atoms with E-state index in [2.05, 4.69) is 40.0 Å². The summed E-state index contributed by atoms with van der Waals surface area (Å²) >= 11 is 0. The van der Waals surface area contributed by atoms with Crippen LogP contribution in [0.5, 0.6) is 0 Å². The molecule has 0 amide bonds. The second kappa shape index (κ2) is 12.1. The van der Waals surface area contributed by atoms with Crippen LogP contribution in [0.3, 0.4) is 0 Å². The topological polar surface area (TPSA) is 40.1 Å². The zero-order chi connectivity index (χ0) is 16.5. The first-order valence-corrected chi connectivity index (χ1v) is 9.20. The number of nitrogens with one attached hydrogen (secondary N) is 1. The van der Waals surface area contributed by atoms with Crippen molar-refractivity contribution in [3.8, 4) is 0 Å². The molecular formula is C18H35IN4O. The van der Waals surface area contributed by atoms with Gasteiger partial charge in [0.2, 0.25) is 0 Å². The van der Waals surface area contributed by atoms with Gasteiger partial charge in [0, 0.05) is 33.2 Å². The van der Waals surface area contributed by atoms with Crippen LogP contribution in [0, 0.1) is 5.92 Å². The molecule has 0 aromatic carbocycles. The number of hydrogen-bond donors (Lipinski definition) is 1. The lowest BCUT2D eigenvalue weighted by atomic mass is 10.1. The fourth-order valence-corrected chi connectivity index (χ4v) is 3.48. The van der Waals surface area contributed by atoms with E-state index in [1.807, 2.05) is 7.05 Å². The molecule has 0 aliphatic carbocycles. The molecule has 0 aromatic rings. The molecular weight excluding hydrogens is 415 g/mol. The molecule has 5 nitrogen and oxygen atoms in total. The van der Waals surface area contributed by atoms with Crippen LogP contribution in [-0.4, -0.2) is 75.3 Å². The van der Waals surface area contributed by atoms with Crippen molar-refractivity contribution < 1.29 is 4.74 Å². The Bertz CT molecular complexity index is 410. The highest BCUT2D eigenvalue weighted by atomic mass is 127. The van der Waals surface area contributed by atoms with Gasteiger partial charge < -0.3 is 19.9 Å². The molecule has 1 saturated heterocycles. The highest BCUT2D eigenvalue weighted by Crippen LogP contribution is 2.18. The van der Waals surface area contributed by atoms with Gasteiger partial charge >= 0.3 is 0 Å². The van der Waals surface area contributed by atoms with Crippen LogP contribution in [0.25, 0.3) is 0 Å². The van der Waals surface area contributed by atoms with Gasteiger partial charge in [0.05, 0.1) is 13.2 Å². The zero-order valence-electron chi connectivity index (χ0n) is 15.6. The summed E-state index contributed by atoms with van der Waals surface area (Å²) in [5, 5.41) is 3.54. The van der Waals surface area contributed by atoms with Crippen LogP contribution >= 0.6 is 24.0 Å². The first kappa shape index (κ1) is 21.7. The van der Waals surface area contributed by atoms with E-state index in [1.54, 1.807) is 0 Å². The molecule has 2 heterocycles. The van der Waals surface area contributed by atoms with E-state index in [4.69, 9.17) is 4.74 Å². The predicted octanol–water partition coefficient (Wildman–Crippen LogP) is 2.58. The zero-order valence-corrected chi connectivity index (χ0v) is 17.9. The van der Waals surface area contributed by atoms with Gasteiger partial charge in [-0.15, -0.1) is 24.0 Å². The molecule has 0 bridgehead atoms. The Morgan fingerprint density at radius 1 is 1.42 bits per heavy atom. The van der Waals surface area contributed by atoms with Gasteiger partial charge in [-0.3, -0.25) is 4.99 Å². The van der Waals surface area contributed by atoms with Gasteiger partial charge in [-0.25, -0.2) is 0 Å². The number of guanidine groups is 1. The number of rotatable bonds is 7. The molecule has 6 heteroatoms. The summed E-state index contributed by atoms with van der Waals surface area (Å²) in [5.41, 5.74) is 1.51. The molecule has 2 aliphatic heterocycles. The molecule has 0 saturated carbocycles. The molecule has 2 aliphatic rings. The molecule has 24 heavy (non-hydrogen) atoms. The van der Waals surface area contributed by atoms with E-state index >= 15 is 0 Å². The highest BCUT2D eigenvalue weighted by molar-refractivity contribution is 14.0. The number of nitrogens with zero attached hydrogens (tertiary/aromatic N) is 3. The molecule has 1 fully saturated rings. The smallest absolute Gasteiger partial charge is 0.193 e. The normalized spacial score (nSPS) is 21.7. The molecule has 1 N–H and O–H groups in total. The molecule has 1 atom stereocenters. The van der Waals surface area contributed by atoms with E-state index in [0.717, 1.165) is 70.7 Å². The summed E-state index contributed by atoms with van der Waals surface area (Å²) in [4.78, 5) is 9.43. The van der Waals surface area contributed by atoms with Crippen molar-refractivity contribution in [1.29, 1.82) is 0 Å². The maximum atomic E-state index is 5.36. The quantitative estimate of drug-likeness (QED) is 0.280. The van der Waals surface area contributed by atoms with Crippen molar-refractivity contribution in [2.24, 2.45) is 10.9 Å². The maximum Gasteiger partial charge on any atom is 0.193 e. The van der Waals surface area contributed by atoms with Gasteiger partial charge in [-0.1, -0.05) is 25.5 Å². The number of ether oxygens (including phenoxy) is 1. The first-order valence-electron chi connectivity index (χ1n) is 9.20. The Morgan fingerprint density at radius 2 is 2.21 bits per heavy atom. The lowest BCUT2D eigenvalue weighted by Crippen LogP contribution is -2.41. The summed E-state index contributed by atoms with van der Waals surface area (Å²) in [7, 11) is 1.90. The van der Waals surface area contributed by atoms with Crippen LogP contribution in [-0.2, 0) is 4.74 Å². The minimum atomic E-state index is 0. The lowest BCUT2D eigenvalue weighted by Gasteiger charge is -2.24. The van der Waals surface area contributed by atoms with Crippen LogP contribution < -0.4 is 5.32 Å². The second-order valence-electron chi connectivity index (χ2n) is 6.50. The van der Waals surface area contributed by atoms with E-state index in [-0.39, 0.29) is 24.0 Å². The van der Waals surface area contributed by atoms with Gasteiger partial charge in [0.15, 0.2) is 5.96 Å². The van der Waals surface area contributed by atoms with Crippen molar-refractivity contribution in [3.05, 3.63) is 11.6 Å².